The summed E-state index contributed by atoms with van der Waals surface area (Å²) in [7, 11) is 0. The molecule has 4 N–H and O–H groups in total. The monoisotopic (exact) mass is 221 g/mol. The van der Waals surface area contributed by atoms with Crippen LogP contribution in [0.4, 0.5) is 4.79 Å². The van der Waals surface area contributed by atoms with E-state index in [-0.39, 0.29) is 12.1 Å². The maximum atomic E-state index is 11.3. The molecule has 0 aliphatic carbocycles. The van der Waals surface area contributed by atoms with Crippen molar-refractivity contribution in [3.8, 4) is 0 Å². The van der Waals surface area contributed by atoms with Crippen LogP contribution in [0.15, 0.2) is 24.3 Å². The third-order valence-corrected chi connectivity index (χ3v) is 2.13. The third-order valence-electron chi connectivity index (χ3n) is 2.13. The van der Waals surface area contributed by atoms with Gasteiger partial charge in [0.1, 0.15) is 0 Å². The molecule has 0 aromatic heterocycles. The summed E-state index contributed by atoms with van der Waals surface area (Å²) < 4.78 is 0. The van der Waals surface area contributed by atoms with Gasteiger partial charge in [0.15, 0.2) is 0 Å². The summed E-state index contributed by atoms with van der Waals surface area (Å²) in [6.45, 7) is 4.93. The minimum Gasteiger partial charge on any atom is -0.336 e. The predicted octanol–water partition coefficient (Wildman–Crippen LogP) is 1.35. The van der Waals surface area contributed by atoms with Crippen molar-refractivity contribution in [1.82, 2.24) is 10.6 Å². The number of nitrogens with one attached hydrogen (secondary N) is 2. The molecular formula is C12H19N3O. The van der Waals surface area contributed by atoms with E-state index in [1.807, 2.05) is 38.1 Å². The SMILES string of the molecule is CC(C)NC(=O)NCc1ccc(CN)cc1. The molecule has 0 atom stereocenters. The van der Waals surface area contributed by atoms with Crippen LogP contribution in [0, 0.1) is 0 Å². The van der Waals surface area contributed by atoms with Gasteiger partial charge in [-0.2, -0.15) is 0 Å². The number of carbonyl (C=O) groups is 1. The zero-order valence-electron chi connectivity index (χ0n) is 9.79. The number of carbonyl (C=O) groups excluding carboxylic acids is 1. The fourth-order valence-electron chi connectivity index (χ4n) is 1.29. The molecule has 1 aromatic rings. The smallest absolute Gasteiger partial charge is 0.315 e. The van der Waals surface area contributed by atoms with Gasteiger partial charge in [-0.1, -0.05) is 24.3 Å². The van der Waals surface area contributed by atoms with E-state index in [2.05, 4.69) is 10.6 Å². The summed E-state index contributed by atoms with van der Waals surface area (Å²) in [6, 6.07) is 7.89. The fourth-order valence-corrected chi connectivity index (χ4v) is 1.29. The van der Waals surface area contributed by atoms with Crippen LogP contribution in [0.5, 0.6) is 0 Å². The quantitative estimate of drug-likeness (QED) is 0.718. The summed E-state index contributed by atoms with van der Waals surface area (Å²) in [6.07, 6.45) is 0. The Kier molecular flexibility index (Phi) is 4.79. The molecule has 0 heterocycles. The minimum absolute atomic E-state index is 0.141. The minimum atomic E-state index is -0.141. The molecule has 0 radical (unpaired) electrons. The van der Waals surface area contributed by atoms with Crippen molar-refractivity contribution in [3.63, 3.8) is 0 Å². The summed E-state index contributed by atoms with van der Waals surface area (Å²) in [5.74, 6) is 0. The first-order valence-corrected chi connectivity index (χ1v) is 5.44. The lowest BCUT2D eigenvalue weighted by atomic mass is 10.1. The van der Waals surface area contributed by atoms with E-state index in [4.69, 9.17) is 5.73 Å². The summed E-state index contributed by atoms with van der Waals surface area (Å²) in [5, 5.41) is 5.55. The number of urea groups is 1. The Morgan fingerprint density at radius 2 is 1.81 bits per heavy atom. The van der Waals surface area contributed by atoms with E-state index >= 15 is 0 Å². The second-order valence-electron chi connectivity index (χ2n) is 4.00. The van der Waals surface area contributed by atoms with Gasteiger partial charge < -0.3 is 16.4 Å². The highest BCUT2D eigenvalue weighted by Crippen LogP contribution is 2.03. The summed E-state index contributed by atoms with van der Waals surface area (Å²) >= 11 is 0. The number of hydrogen-bond donors (Lipinski definition) is 3. The lowest BCUT2D eigenvalue weighted by Crippen LogP contribution is -2.39. The zero-order chi connectivity index (χ0) is 12.0. The second kappa shape index (κ2) is 6.12. The normalized spacial score (nSPS) is 10.2. The molecule has 0 saturated carbocycles. The van der Waals surface area contributed by atoms with Crippen molar-refractivity contribution >= 4 is 6.03 Å². The van der Waals surface area contributed by atoms with Gasteiger partial charge >= 0.3 is 6.03 Å². The van der Waals surface area contributed by atoms with Gasteiger partial charge in [0, 0.05) is 19.1 Å². The van der Waals surface area contributed by atoms with Crippen molar-refractivity contribution in [2.45, 2.75) is 33.0 Å². The van der Waals surface area contributed by atoms with Crippen LogP contribution in [0.25, 0.3) is 0 Å². The average molecular weight is 221 g/mol. The number of rotatable bonds is 4. The lowest BCUT2D eigenvalue weighted by Gasteiger charge is -2.10. The van der Waals surface area contributed by atoms with Crippen LogP contribution in [0.3, 0.4) is 0 Å². The standard InChI is InChI=1S/C12H19N3O/c1-9(2)15-12(16)14-8-11-5-3-10(7-13)4-6-11/h3-6,9H,7-8,13H2,1-2H3,(H2,14,15,16). The van der Waals surface area contributed by atoms with Crippen molar-refractivity contribution in [2.24, 2.45) is 5.73 Å². The van der Waals surface area contributed by atoms with Gasteiger partial charge in [-0.3, -0.25) is 0 Å². The Morgan fingerprint density at radius 1 is 1.25 bits per heavy atom. The van der Waals surface area contributed by atoms with Gasteiger partial charge in [0.25, 0.3) is 0 Å². The van der Waals surface area contributed by atoms with E-state index in [0.29, 0.717) is 13.1 Å². The first-order chi connectivity index (χ1) is 7.61. The zero-order valence-corrected chi connectivity index (χ0v) is 9.79. The molecule has 0 fully saturated rings. The van der Waals surface area contributed by atoms with Crippen LogP contribution in [-0.4, -0.2) is 12.1 Å². The third kappa shape index (κ3) is 4.31. The van der Waals surface area contributed by atoms with Crippen molar-refractivity contribution in [3.05, 3.63) is 35.4 Å². The van der Waals surface area contributed by atoms with E-state index < -0.39 is 0 Å². The molecule has 4 heteroatoms. The first-order valence-electron chi connectivity index (χ1n) is 5.44. The highest BCUT2D eigenvalue weighted by molar-refractivity contribution is 5.74. The van der Waals surface area contributed by atoms with Crippen LogP contribution in [0.1, 0.15) is 25.0 Å². The first kappa shape index (κ1) is 12.5. The van der Waals surface area contributed by atoms with Crippen LogP contribution in [-0.2, 0) is 13.1 Å². The summed E-state index contributed by atoms with van der Waals surface area (Å²) in [4.78, 5) is 11.3. The van der Waals surface area contributed by atoms with Gasteiger partial charge in [0.2, 0.25) is 0 Å². The molecular weight excluding hydrogens is 202 g/mol. The van der Waals surface area contributed by atoms with Gasteiger partial charge in [-0.25, -0.2) is 4.79 Å². The Morgan fingerprint density at radius 3 is 2.31 bits per heavy atom. The number of hydrogen-bond acceptors (Lipinski definition) is 2. The van der Waals surface area contributed by atoms with Crippen molar-refractivity contribution in [1.29, 1.82) is 0 Å². The van der Waals surface area contributed by atoms with Crippen molar-refractivity contribution < 1.29 is 4.79 Å². The summed E-state index contributed by atoms with van der Waals surface area (Å²) in [5.41, 5.74) is 7.66. The average Bonchev–Trinajstić information content (AvgIpc) is 2.26. The molecule has 0 saturated heterocycles. The van der Waals surface area contributed by atoms with Gasteiger partial charge in [-0.15, -0.1) is 0 Å². The molecule has 4 nitrogen and oxygen atoms in total. The Balaban J connectivity index is 2.39. The molecule has 0 aliphatic rings. The van der Waals surface area contributed by atoms with Gasteiger partial charge in [0.05, 0.1) is 0 Å². The van der Waals surface area contributed by atoms with E-state index in [0.717, 1.165) is 11.1 Å². The highest BCUT2D eigenvalue weighted by Gasteiger charge is 2.01. The predicted molar refractivity (Wildman–Crippen MR) is 64.8 cm³/mol. The molecule has 88 valence electrons. The van der Waals surface area contributed by atoms with Crippen LogP contribution in [0.2, 0.25) is 0 Å². The maximum absolute atomic E-state index is 11.3. The number of amides is 2. The van der Waals surface area contributed by atoms with Gasteiger partial charge in [-0.05, 0) is 25.0 Å². The topological polar surface area (TPSA) is 67.2 Å². The van der Waals surface area contributed by atoms with Crippen molar-refractivity contribution in [2.75, 3.05) is 0 Å². The molecule has 16 heavy (non-hydrogen) atoms. The molecule has 1 rings (SSSR count). The van der Waals surface area contributed by atoms with Crippen LogP contribution >= 0.6 is 0 Å². The second-order valence-corrected chi connectivity index (χ2v) is 4.00. The van der Waals surface area contributed by atoms with E-state index in [1.54, 1.807) is 0 Å². The Hall–Kier alpha value is -1.55. The fraction of sp³-hybridized carbons (Fsp3) is 0.417. The lowest BCUT2D eigenvalue weighted by molar-refractivity contribution is 0.238. The Bertz CT molecular complexity index is 333. The molecule has 1 aromatic carbocycles. The number of nitrogens with two attached hydrogens (primary N) is 1. The molecule has 0 spiro atoms. The highest BCUT2D eigenvalue weighted by atomic mass is 16.2. The molecule has 2 amide bonds. The van der Waals surface area contributed by atoms with Crippen LogP contribution < -0.4 is 16.4 Å². The van der Waals surface area contributed by atoms with E-state index in [1.165, 1.54) is 0 Å². The Labute approximate surface area is 96.2 Å². The number of benzene rings is 1. The van der Waals surface area contributed by atoms with E-state index in [9.17, 15) is 4.79 Å². The molecule has 0 bridgehead atoms. The molecule has 0 unspecified atom stereocenters. The maximum Gasteiger partial charge on any atom is 0.315 e. The largest absolute Gasteiger partial charge is 0.336 e. The molecule has 0 aliphatic heterocycles.